The molecule has 1 aromatic rings. The van der Waals surface area contributed by atoms with Gasteiger partial charge in [-0.25, -0.2) is 4.98 Å². The van der Waals surface area contributed by atoms with E-state index < -0.39 is 30.0 Å². The number of halogens is 3. The SMILES string of the molecule is NC(=O)c1ccc(C(F)(F)F)nc1N1C[C@H]2C[C@H](O)[C@@H](O)C[C@H]2C1. The fraction of sp³-hybridized carbons (Fsp3) is 0.600. The second-order valence-electron chi connectivity index (χ2n) is 6.46. The number of rotatable bonds is 2. The molecule has 1 saturated heterocycles. The second kappa shape index (κ2) is 5.89. The molecule has 132 valence electrons. The number of hydrogen-bond donors (Lipinski definition) is 3. The Morgan fingerprint density at radius 1 is 1.17 bits per heavy atom. The van der Waals surface area contributed by atoms with Crippen LogP contribution in [0, 0.1) is 11.8 Å². The second-order valence-corrected chi connectivity index (χ2v) is 6.46. The van der Waals surface area contributed by atoms with Crippen LogP contribution in [0.25, 0.3) is 0 Å². The summed E-state index contributed by atoms with van der Waals surface area (Å²) in [6.45, 7) is 0.728. The zero-order chi connectivity index (χ0) is 17.6. The molecule has 24 heavy (non-hydrogen) atoms. The van der Waals surface area contributed by atoms with Crippen molar-refractivity contribution in [3.63, 3.8) is 0 Å². The molecule has 1 aliphatic heterocycles. The smallest absolute Gasteiger partial charge is 0.390 e. The van der Waals surface area contributed by atoms with Crippen LogP contribution in [-0.2, 0) is 6.18 Å². The van der Waals surface area contributed by atoms with Crippen LogP contribution >= 0.6 is 0 Å². The van der Waals surface area contributed by atoms with Gasteiger partial charge in [0.2, 0.25) is 0 Å². The summed E-state index contributed by atoms with van der Waals surface area (Å²) in [7, 11) is 0. The van der Waals surface area contributed by atoms with Gasteiger partial charge in [-0.2, -0.15) is 13.2 Å². The summed E-state index contributed by atoms with van der Waals surface area (Å²) in [6, 6.07) is 1.78. The Labute approximate surface area is 136 Å². The van der Waals surface area contributed by atoms with Crippen LogP contribution in [0.2, 0.25) is 0 Å². The van der Waals surface area contributed by atoms with Crippen LogP contribution in [0.3, 0.4) is 0 Å². The highest BCUT2D eigenvalue weighted by Gasteiger charge is 2.43. The van der Waals surface area contributed by atoms with Gasteiger partial charge in [0.15, 0.2) is 0 Å². The van der Waals surface area contributed by atoms with Crippen LogP contribution in [-0.4, -0.2) is 46.4 Å². The van der Waals surface area contributed by atoms with Crippen LogP contribution < -0.4 is 10.6 Å². The van der Waals surface area contributed by atoms with Crippen molar-refractivity contribution in [2.24, 2.45) is 17.6 Å². The third-order valence-corrected chi connectivity index (χ3v) is 4.84. The summed E-state index contributed by atoms with van der Waals surface area (Å²) in [5.74, 6) is -0.877. The molecule has 0 unspecified atom stereocenters. The number of carbonyl (C=O) groups excluding carboxylic acids is 1. The standard InChI is InChI=1S/C15H18F3N3O3/c16-15(17,18)12-2-1-9(13(19)24)14(20-12)21-5-7-3-10(22)11(23)4-8(7)6-21/h1-2,7-8,10-11,22-23H,3-6H2,(H2,19,24)/t7-,8+,10-,11-/m0/s1. The molecule has 1 aliphatic carbocycles. The molecular formula is C15H18F3N3O3. The topological polar surface area (TPSA) is 99.7 Å². The van der Waals surface area contributed by atoms with Gasteiger partial charge in [0.1, 0.15) is 11.5 Å². The first kappa shape index (κ1) is 17.0. The Kier molecular flexibility index (Phi) is 4.16. The number of pyridine rings is 1. The molecular weight excluding hydrogens is 327 g/mol. The summed E-state index contributed by atoms with van der Waals surface area (Å²) in [4.78, 5) is 16.8. The number of fused-ring (bicyclic) bond motifs is 1. The zero-order valence-electron chi connectivity index (χ0n) is 12.7. The van der Waals surface area contributed by atoms with Crippen LogP contribution in [0.15, 0.2) is 12.1 Å². The third-order valence-electron chi connectivity index (χ3n) is 4.84. The minimum atomic E-state index is -4.62. The van der Waals surface area contributed by atoms with Crippen LogP contribution in [0.4, 0.5) is 19.0 Å². The molecule has 0 spiro atoms. The number of aliphatic hydroxyl groups is 2. The average Bonchev–Trinajstić information content (AvgIpc) is 2.88. The van der Waals surface area contributed by atoms with Crippen molar-refractivity contribution in [2.75, 3.05) is 18.0 Å². The Hall–Kier alpha value is -1.87. The van der Waals surface area contributed by atoms with E-state index in [1.165, 1.54) is 0 Å². The molecule has 1 saturated carbocycles. The van der Waals surface area contributed by atoms with Gasteiger partial charge < -0.3 is 20.8 Å². The molecule has 0 aromatic carbocycles. The lowest BCUT2D eigenvalue weighted by Gasteiger charge is -2.31. The van der Waals surface area contributed by atoms with Crippen molar-refractivity contribution >= 4 is 11.7 Å². The maximum absolute atomic E-state index is 12.9. The summed E-state index contributed by atoms with van der Waals surface area (Å²) in [6.07, 6.45) is -5.56. The number of carbonyl (C=O) groups is 1. The largest absolute Gasteiger partial charge is 0.433 e. The number of anilines is 1. The van der Waals surface area contributed by atoms with E-state index in [2.05, 4.69) is 4.98 Å². The van der Waals surface area contributed by atoms with Crippen molar-refractivity contribution in [3.8, 4) is 0 Å². The monoisotopic (exact) mass is 345 g/mol. The lowest BCUT2D eigenvalue weighted by molar-refractivity contribution is -0.141. The van der Waals surface area contributed by atoms with Gasteiger partial charge in [0.25, 0.3) is 5.91 Å². The van der Waals surface area contributed by atoms with E-state index in [-0.39, 0.29) is 23.2 Å². The molecule has 2 fully saturated rings. The van der Waals surface area contributed by atoms with Crippen molar-refractivity contribution in [2.45, 2.75) is 31.2 Å². The van der Waals surface area contributed by atoms with Gasteiger partial charge >= 0.3 is 6.18 Å². The lowest BCUT2D eigenvalue weighted by atomic mass is 9.79. The number of aliphatic hydroxyl groups excluding tert-OH is 2. The molecule has 6 nitrogen and oxygen atoms in total. The van der Waals surface area contributed by atoms with E-state index in [4.69, 9.17) is 5.73 Å². The molecule has 2 aliphatic rings. The highest BCUT2D eigenvalue weighted by Crippen LogP contribution is 2.39. The van der Waals surface area contributed by atoms with Gasteiger partial charge in [-0.05, 0) is 36.8 Å². The third kappa shape index (κ3) is 3.05. The Morgan fingerprint density at radius 3 is 2.17 bits per heavy atom. The molecule has 1 aromatic heterocycles. The van der Waals surface area contributed by atoms with E-state index in [0.717, 1.165) is 12.1 Å². The Morgan fingerprint density at radius 2 is 1.71 bits per heavy atom. The maximum atomic E-state index is 12.9. The van der Waals surface area contributed by atoms with Gasteiger partial charge in [0.05, 0.1) is 17.8 Å². The first-order valence-corrected chi connectivity index (χ1v) is 7.66. The molecule has 1 amide bonds. The molecule has 4 N–H and O–H groups in total. The maximum Gasteiger partial charge on any atom is 0.433 e. The Bertz CT molecular complexity index is 635. The number of aromatic nitrogens is 1. The molecule has 4 atom stereocenters. The van der Waals surface area contributed by atoms with Crippen LogP contribution in [0.5, 0.6) is 0 Å². The summed E-state index contributed by atoms with van der Waals surface area (Å²) >= 11 is 0. The van der Waals surface area contributed by atoms with Gasteiger partial charge in [-0.1, -0.05) is 0 Å². The average molecular weight is 345 g/mol. The van der Waals surface area contributed by atoms with Crippen molar-refractivity contribution in [3.05, 3.63) is 23.4 Å². The molecule has 0 radical (unpaired) electrons. The number of alkyl halides is 3. The van der Waals surface area contributed by atoms with E-state index in [1.54, 1.807) is 4.90 Å². The predicted octanol–water partition coefficient (Wildman–Crippen LogP) is 0.767. The van der Waals surface area contributed by atoms with E-state index in [0.29, 0.717) is 25.9 Å². The summed E-state index contributed by atoms with van der Waals surface area (Å²) in [5, 5.41) is 19.5. The quantitative estimate of drug-likeness (QED) is 0.735. The fourth-order valence-electron chi connectivity index (χ4n) is 3.62. The number of hydrogen-bond acceptors (Lipinski definition) is 5. The normalized spacial score (nSPS) is 30.3. The number of amides is 1. The van der Waals surface area contributed by atoms with E-state index in [9.17, 15) is 28.2 Å². The lowest BCUT2D eigenvalue weighted by Crippen LogP contribution is -2.38. The summed E-state index contributed by atoms with van der Waals surface area (Å²) < 4.78 is 38.8. The van der Waals surface area contributed by atoms with Crippen molar-refractivity contribution in [1.29, 1.82) is 0 Å². The van der Waals surface area contributed by atoms with E-state index in [1.807, 2.05) is 0 Å². The minimum absolute atomic E-state index is 0.0282. The number of nitrogens with two attached hydrogens (primary N) is 1. The zero-order valence-corrected chi connectivity index (χ0v) is 12.7. The number of nitrogens with zero attached hydrogens (tertiary/aromatic N) is 2. The number of primary amides is 1. The van der Waals surface area contributed by atoms with E-state index >= 15 is 0 Å². The minimum Gasteiger partial charge on any atom is -0.390 e. The Balaban J connectivity index is 1.92. The first-order chi connectivity index (χ1) is 11.2. The predicted molar refractivity (Wildman–Crippen MR) is 78.2 cm³/mol. The highest BCUT2D eigenvalue weighted by molar-refractivity contribution is 5.97. The van der Waals surface area contributed by atoms with Crippen molar-refractivity contribution in [1.82, 2.24) is 4.98 Å². The highest BCUT2D eigenvalue weighted by atomic mass is 19.4. The van der Waals surface area contributed by atoms with Crippen molar-refractivity contribution < 1.29 is 28.2 Å². The van der Waals surface area contributed by atoms with Crippen LogP contribution in [0.1, 0.15) is 28.9 Å². The molecule has 3 rings (SSSR count). The molecule has 2 heterocycles. The van der Waals surface area contributed by atoms with Gasteiger partial charge in [0, 0.05) is 13.1 Å². The van der Waals surface area contributed by atoms with Gasteiger partial charge in [-0.3, -0.25) is 4.79 Å². The van der Waals surface area contributed by atoms with Gasteiger partial charge in [-0.15, -0.1) is 0 Å². The molecule has 9 heteroatoms. The first-order valence-electron chi connectivity index (χ1n) is 7.66. The fourth-order valence-corrected chi connectivity index (χ4v) is 3.62. The molecule has 0 bridgehead atoms. The summed E-state index contributed by atoms with van der Waals surface area (Å²) in [5.41, 5.74) is 4.11.